The van der Waals surface area contributed by atoms with Crippen LogP contribution >= 0.6 is 31.9 Å². The standard InChI is InChI=1S/C14H23Br2N3/c1-3-19(4-2)8-7-18-14(10-17)11-5-6-12(15)13(16)9-11/h5-6,9,14,18H,3-4,7-8,10,17H2,1-2H3. The van der Waals surface area contributed by atoms with Crippen LogP contribution in [0.2, 0.25) is 0 Å². The first-order valence-corrected chi connectivity index (χ1v) is 8.31. The molecule has 1 unspecified atom stereocenters. The Morgan fingerprint density at radius 2 is 1.89 bits per heavy atom. The highest BCUT2D eigenvalue weighted by Crippen LogP contribution is 2.26. The van der Waals surface area contributed by atoms with Gasteiger partial charge in [-0.2, -0.15) is 0 Å². The first kappa shape index (κ1) is 17.1. The number of rotatable bonds is 8. The summed E-state index contributed by atoms with van der Waals surface area (Å²) >= 11 is 7.02. The summed E-state index contributed by atoms with van der Waals surface area (Å²) in [6.07, 6.45) is 0. The van der Waals surface area contributed by atoms with Gasteiger partial charge in [0.25, 0.3) is 0 Å². The fourth-order valence-corrected chi connectivity index (χ4v) is 2.65. The van der Waals surface area contributed by atoms with Crippen LogP contribution in [0.1, 0.15) is 25.5 Å². The summed E-state index contributed by atoms with van der Waals surface area (Å²) in [5.74, 6) is 0. The monoisotopic (exact) mass is 391 g/mol. The maximum Gasteiger partial charge on any atom is 0.0445 e. The minimum atomic E-state index is 0.208. The Kier molecular flexibility index (Phi) is 8.18. The maximum absolute atomic E-state index is 5.87. The van der Waals surface area contributed by atoms with E-state index in [4.69, 9.17) is 5.73 Å². The van der Waals surface area contributed by atoms with Crippen LogP contribution in [0.25, 0.3) is 0 Å². The molecule has 3 nitrogen and oxygen atoms in total. The van der Waals surface area contributed by atoms with Gasteiger partial charge in [-0.15, -0.1) is 0 Å². The molecule has 1 aromatic carbocycles. The average Bonchev–Trinajstić information content (AvgIpc) is 2.42. The summed E-state index contributed by atoms with van der Waals surface area (Å²) in [7, 11) is 0. The van der Waals surface area contributed by atoms with Crippen LogP contribution in [-0.4, -0.2) is 37.6 Å². The summed E-state index contributed by atoms with van der Waals surface area (Å²) in [5.41, 5.74) is 7.09. The predicted molar refractivity (Wildman–Crippen MR) is 89.4 cm³/mol. The molecule has 0 aromatic heterocycles. The smallest absolute Gasteiger partial charge is 0.0445 e. The van der Waals surface area contributed by atoms with Crippen molar-refractivity contribution in [1.82, 2.24) is 10.2 Å². The summed E-state index contributed by atoms with van der Waals surface area (Å²) in [6, 6.07) is 6.48. The first-order valence-electron chi connectivity index (χ1n) is 6.73. The fraction of sp³-hybridized carbons (Fsp3) is 0.571. The Morgan fingerprint density at radius 3 is 2.42 bits per heavy atom. The molecule has 0 spiro atoms. The molecule has 0 aliphatic heterocycles. The van der Waals surface area contributed by atoms with Crippen LogP contribution < -0.4 is 11.1 Å². The summed E-state index contributed by atoms with van der Waals surface area (Å²) < 4.78 is 2.13. The third-order valence-corrected chi connectivity index (χ3v) is 5.17. The zero-order chi connectivity index (χ0) is 14.3. The van der Waals surface area contributed by atoms with Gasteiger partial charge in [0.2, 0.25) is 0 Å². The number of hydrogen-bond donors (Lipinski definition) is 2. The number of hydrogen-bond acceptors (Lipinski definition) is 3. The van der Waals surface area contributed by atoms with E-state index in [0.29, 0.717) is 6.54 Å². The van der Waals surface area contributed by atoms with Crippen molar-refractivity contribution in [3.8, 4) is 0 Å². The predicted octanol–water partition coefficient (Wildman–Crippen LogP) is 3.14. The van der Waals surface area contributed by atoms with Crippen LogP contribution in [0, 0.1) is 0 Å². The number of likely N-dealkylation sites (N-methyl/N-ethyl adjacent to an activating group) is 1. The van der Waals surface area contributed by atoms with Gasteiger partial charge in [-0.25, -0.2) is 0 Å². The molecule has 0 aliphatic carbocycles. The van der Waals surface area contributed by atoms with E-state index in [0.717, 1.165) is 35.1 Å². The van der Waals surface area contributed by atoms with Crippen LogP contribution in [0.3, 0.4) is 0 Å². The van der Waals surface area contributed by atoms with Gasteiger partial charge in [0.05, 0.1) is 0 Å². The highest BCUT2D eigenvalue weighted by Gasteiger charge is 2.10. The van der Waals surface area contributed by atoms with Crippen LogP contribution in [-0.2, 0) is 0 Å². The Morgan fingerprint density at radius 1 is 1.21 bits per heavy atom. The van der Waals surface area contributed by atoms with E-state index in [1.54, 1.807) is 0 Å². The number of nitrogens with two attached hydrogens (primary N) is 1. The molecule has 0 saturated carbocycles. The molecule has 0 heterocycles. The van der Waals surface area contributed by atoms with Gasteiger partial charge < -0.3 is 16.0 Å². The molecule has 5 heteroatoms. The number of nitrogens with zero attached hydrogens (tertiary/aromatic N) is 1. The van der Waals surface area contributed by atoms with Crippen molar-refractivity contribution in [2.45, 2.75) is 19.9 Å². The van der Waals surface area contributed by atoms with Crippen LogP contribution in [0.5, 0.6) is 0 Å². The van der Waals surface area contributed by atoms with Gasteiger partial charge in [-0.1, -0.05) is 19.9 Å². The average molecular weight is 393 g/mol. The third kappa shape index (κ3) is 5.52. The van der Waals surface area contributed by atoms with Gasteiger partial charge >= 0.3 is 0 Å². The maximum atomic E-state index is 5.87. The molecule has 1 aromatic rings. The van der Waals surface area contributed by atoms with Crippen molar-refractivity contribution in [3.05, 3.63) is 32.7 Å². The molecular formula is C14H23Br2N3. The molecule has 1 atom stereocenters. The van der Waals surface area contributed by atoms with Gasteiger partial charge in [-0.05, 0) is 62.6 Å². The Bertz CT molecular complexity index is 381. The van der Waals surface area contributed by atoms with Gasteiger partial charge in [0, 0.05) is 34.6 Å². The molecule has 0 saturated heterocycles. The second-order valence-corrected chi connectivity index (χ2v) is 6.15. The lowest BCUT2D eigenvalue weighted by Crippen LogP contribution is -2.36. The quantitative estimate of drug-likeness (QED) is 0.713. The molecule has 1 rings (SSSR count). The molecule has 0 bridgehead atoms. The van der Waals surface area contributed by atoms with E-state index >= 15 is 0 Å². The van der Waals surface area contributed by atoms with E-state index in [-0.39, 0.29) is 6.04 Å². The van der Waals surface area contributed by atoms with Gasteiger partial charge in [-0.3, -0.25) is 0 Å². The van der Waals surface area contributed by atoms with Crippen molar-refractivity contribution < 1.29 is 0 Å². The molecule has 108 valence electrons. The van der Waals surface area contributed by atoms with E-state index in [1.807, 2.05) is 6.07 Å². The normalized spacial score (nSPS) is 12.9. The molecule has 3 N–H and O–H groups in total. The second-order valence-electron chi connectivity index (χ2n) is 4.44. The molecule has 0 aliphatic rings. The lowest BCUT2D eigenvalue weighted by Gasteiger charge is -2.22. The van der Waals surface area contributed by atoms with Gasteiger partial charge in [0.1, 0.15) is 0 Å². The number of benzene rings is 1. The van der Waals surface area contributed by atoms with Gasteiger partial charge in [0.15, 0.2) is 0 Å². The third-order valence-electron chi connectivity index (χ3n) is 3.29. The molecule has 19 heavy (non-hydrogen) atoms. The van der Waals surface area contributed by atoms with E-state index in [1.165, 1.54) is 5.56 Å². The van der Waals surface area contributed by atoms with Crippen molar-refractivity contribution in [3.63, 3.8) is 0 Å². The molecule has 0 fully saturated rings. The van der Waals surface area contributed by atoms with Crippen LogP contribution in [0.15, 0.2) is 27.1 Å². The zero-order valence-corrected chi connectivity index (χ0v) is 14.8. The van der Waals surface area contributed by atoms with Crippen molar-refractivity contribution >= 4 is 31.9 Å². The molecular weight excluding hydrogens is 370 g/mol. The number of nitrogens with one attached hydrogen (secondary N) is 1. The largest absolute Gasteiger partial charge is 0.329 e. The Balaban J connectivity index is 2.55. The minimum absolute atomic E-state index is 0.208. The van der Waals surface area contributed by atoms with E-state index in [2.05, 4.69) is 68.1 Å². The lowest BCUT2D eigenvalue weighted by molar-refractivity contribution is 0.297. The number of halogens is 2. The molecule has 0 radical (unpaired) electrons. The SMILES string of the molecule is CCN(CC)CCNC(CN)c1ccc(Br)c(Br)c1. The summed E-state index contributed by atoms with van der Waals surface area (Å²) in [4.78, 5) is 2.40. The summed E-state index contributed by atoms with van der Waals surface area (Å²) in [5, 5.41) is 3.53. The second kappa shape index (κ2) is 9.08. The van der Waals surface area contributed by atoms with Crippen LogP contribution in [0.4, 0.5) is 0 Å². The molecule has 0 amide bonds. The first-order chi connectivity index (χ1) is 9.12. The van der Waals surface area contributed by atoms with Crippen molar-refractivity contribution in [2.75, 3.05) is 32.7 Å². The highest BCUT2D eigenvalue weighted by atomic mass is 79.9. The Hall–Kier alpha value is 0.0600. The summed E-state index contributed by atoms with van der Waals surface area (Å²) in [6.45, 7) is 9.18. The minimum Gasteiger partial charge on any atom is -0.329 e. The van der Waals surface area contributed by atoms with Crippen molar-refractivity contribution in [2.24, 2.45) is 5.73 Å². The highest BCUT2D eigenvalue weighted by molar-refractivity contribution is 9.13. The van der Waals surface area contributed by atoms with E-state index < -0.39 is 0 Å². The topological polar surface area (TPSA) is 41.3 Å². The zero-order valence-electron chi connectivity index (χ0n) is 11.6. The Labute approximate surface area is 133 Å². The van der Waals surface area contributed by atoms with Crippen molar-refractivity contribution in [1.29, 1.82) is 0 Å². The fourth-order valence-electron chi connectivity index (χ4n) is 2.00. The van der Waals surface area contributed by atoms with E-state index in [9.17, 15) is 0 Å². The lowest BCUT2D eigenvalue weighted by atomic mass is 10.1.